The minimum absolute atomic E-state index is 0.0503. The van der Waals surface area contributed by atoms with Gasteiger partial charge in [0, 0.05) is 16.8 Å². The van der Waals surface area contributed by atoms with Gasteiger partial charge in [-0.25, -0.2) is 0 Å². The van der Waals surface area contributed by atoms with Crippen LogP contribution in [-0.2, 0) is 4.79 Å². The van der Waals surface area contributed by atoms with Crippen molar-refractivity contribution < 1.29 is 4.79 Å². The van der Waals surface area contributed by atoms with E-state index in [9.17, 15) is 4.79 Å². The molecule has 3 aliphatic rings. The molecule has 0 unspecified atom stereocenters. The molecule has 2 nitrogen and oxygen atoms in total. The molecule has 1 amide bonds. The molecule has 2 aliphatic carbocycles. The number of fused-ring (bicyclic) bond motifs is 2. The number of nitrogens with one attached hydrogen (secondary N) is 1. The Hall–Kier alpha value is -1.83. The number of hydrogen-bond acceptors (Lipinski definition) is 1. The van der Waals surface area contributed by atoms with Crippen LogP contribution in [0, 0.1) is 22.7 Å². The minimum atomic E-state index is 0.0503. The topological polar surface area (TPSA) is 29.1 Å². The summed E-state index contributed by atoms with van der Waals surface area (Å²) in [6, 6.07) is 8.03. The number of anilines is 1. The van der Waals surface area contributed by atoms with E-state index in [1.165, 1.54) is 31.3 Å². The smallest absolute Gasteiger partial charge is 0.256 e. The fraction of sp³-hybridized carbons (Fsp3) is 0.542. The van der Waals surface area contributed by atoms with Crippen molar-refractivity contribution in [3.05, 3.63) is 47.6 Å². The first kappa shape index (κ1) is 17.6. The van der Waals surface area contributed by atoms with E-state index in [4.69, 9.17) is 0 Å². The summed E-state index contributed by atoms with van der Waals surface area (Å²) in [5.41, 5.74) is 5.13. The molecular formula is C24H31NO. The van der Waals surface area contributed by atoms with Gasteiger partial charge in [-0.15, -0.1) is 0 Å². The molecular weight excluding hydrogens is 318 g/mol. The summed E-state index contributed by atoms with van der Waals surface area (Å²) in [5, 5.41) is 3.00. The zero-order valence-electron chi connectivity index (χ0n) is 16.6. The third kappa shape index (κ3) is 2.66. The number of allylic oxidation sites excluding steroid dienone is 3. The summed E-state index contributed by atoms with van der Waals surface area (Å²) in [6.07, 6.45) is 10.8. The predicted octanol–water partition coefficient (Wildman–Crippen LogP) is 6.21. The molecule has 4 rings (SSSR count). The highest BCUT2D eigenvalue weighted by Gasteiger charge is 2.51. The lowest BCUT2D eigenvalue weighted by molar-refractivity contribution is -0.110. The number of amides is 1. The van der Waals surface area contributed by atoms with Gasteiger partial charge in [-0.05, 0) is 61.3 Å². The summed E-state index contributed by atoms with van der Waals surface area (Å²) in [4.78, 5) is 12.5. The number of hydrogen-bond donors (Lipinski definition) is 1. The molecule has 0 bridgehead atoms. The Morgan fingerprint density at radius 1 is 1.19 bits per heavy atom. The normalized spacial score (nSPS) is 34.1. The van der Waals surface area contributed by atoms with E-state index in [1.807, 2.05) is 18.2 Å². The highest BCUT2D eigenvalue weighted by atomic mass is 16.2. The van der Waals surface area contributed by atoms with Gasteiger partial charge in [0.15, 0.2) is 0 Å². The van der Waals surface area contributed by atoms with Gasteiger partial charge in [0.2, 0.25) is 0 Å². The van der Waals surface area contributed by atoms with Gasteiger partial charge in [0.1, 0.15) is 0 Å². The second-order valence-electron chi connectivity index (χ2n) is 9.49. The van der Waals surface area contributed by atoms with Gasteiger partial charge in [0.25, 0.3) is 5.91 Å². The zero-order chi connectivity index (χ0) is 18.5. The molecule has 0 spiro atoms. The molecule has 1 saturated carbocycles. The van der Waals surface area contributed by atoms with Crippen LogP contribution in [-0.4, -0.2) is 5.91 Å². The van der Waals surface area contributed by atoms with Gasteiger partial charge in [-0.2, -0.15) is 0 Å². The first-order valence-electron chi connectivity index (χ1n) is 10.1. The largest absolute Gasteiger partial charge is 0.321 e. The predicted molar refractivity (Wildman–Crippen MR) is 109 cm³/mol. The third-order valence-electron chi connectivity index (χ3n) is 7.56. The van der Waals surface area contributed by atoms with Crippen molar-refractivity contribution in [2.45, 2.75) is 59.8 Å². The van der Waals surface area contributed by atoms with E-state index < -0.39 is 0 Å². The zero-order valence-corrected chi connectivity index (χ0v) is 16.6. The lowest BCUT2D eigenvalue weighted by Crippen LogP contribution is -2.48. The van der Waals surface area contributed by atoms with Crippen LogP contribution in [0.3, 0.4) is 0 Å². The molecule has 1 aromatic carbocycles. The summed E-state index contributed by atoms with van der Waals surface area (Å²) in [6.45, 7) is 9.73. The number of rotatable bonds is 2. The number of benzene rings is 1. The lowest BCUT2D eigenvalue weighted by Gasteiger charge is -2.56. The van der Waals surface area contributed by atoms with Gasteiger partial charge >= 0.3 is 0 Å². The Balaban J connectivity index is 1.66. The average molecular weight is 350 g/mol. The van der Waals surface area contributed by atoms with Crippen molar-refractivity contribution in [3.63, 3.8) is 0 Å². The molecule has 26 heavy (non-hydrogen) atoms. The van der Waals surface area contributed by atoms with Crippen molar-refractivity contribution in [1.82, 2.24) is 0 Å². The van der Waals surface area contributed by atoms with Gasteiger partial charge in [-0.1, -0.05) is 63.1 Å². The first-order chi connectivity index (χ1) is 12.3. The summed E-state index contributed by atoms with van der Waals surface area (Å²) >= 11 is 0. The molecule has 2 heteroatoms. The molecule has 3 atom stereocenters. The van der Waals surface area contributed by atoms with Crippen LogP contribution in [0.4, 0.5) is 5.69 Å². The Kier molecular flexibility index (Phi) is 4.13. The monoisotopic (exact) mass is 349 g/mol. The number of para-hydroxylation sites is 1. The Morgan fingerprint density at radius 2 is 1.96 bits per heavy atom. The molecule has 0 radical (unpaired) electrons. The van der Waals surface area contributed by atoms with Crippen molar-refractivity contribution in [3.8, 4) is 0 Å². The molecule has 1 aliphatic heterocycles. The van der Waals surface area contributed by atoms with Crippen LogP contribution in [0.1, 0.15) is 65.4 Å². The first-order valence-corrected chi connectivity index (χ1v) is 10.1. The molecule has 0 aromatic heterocycles. The summed E-state index contributed by atoms with van der Waals surface area (Å²) in [5.74, 6) is 1.32. The van der Waals surface area contributed by atoms with Gasteiger partial charge in [0.05, 0.1) is 0 Å². The maximum atomic E-state index is 12.5. The van der Waals surface area contributed by atoms with Crippen LogP contribution in [0.15, 0.2) is 42.0 Å². The standard InChI is InChI=1S/C24H31NO/c1-16-10-13-21-23(2,3)14-7-15-24(21,4)19(16)12-11-18-17-8-5-6-9-20(17)25-22(18)26/h5-6,8-11,19,21H,7,12-15H2,1-4H3,(H,25,26)/b18-11+/t19-,21-,24+/m0/s1. The van der Waals surface area contributed by atoms with Crippen LogP contribution in [0.2, 0.25) is 0 Å². The second kappa shape index (κ2) is 6.11. The fourth-order valence-electron chi connectivity index (χ4n) is 6.17. The molecule has 1 heterocycles. The molecule has 1 aromatic rings. The van der Waals surface area contributed by atoms with Gasteiger partial charge in [-0.3, -0.25) is 4.79 Å². The van der Waals surface area contributed by atoms with E-state index >= 15 is 0 Å². The Labute approximate surface area is 157 Å². The number of carbonyl (C=O) groups is 1. The van der Waals surface area contributed by atoms with Crippen LogP contribution < -0.4 is 5.32 Å². The third-order valence-corrected chi connectivity index (χ3v) is 7.56. The van der Waals surface area contributed by atoms with E-state index in [2.05, 4.69) is 51.2 Å². The molecule has 138 valence electrons. The van der Waals surface area contributed by atoms with E-state index in [-0.39, 0.29) is 5.91 Å². The minimum Gasteiger partial charge on any atom is -0.321 e. The maximum Gasteiger partial charge on any atom is 0.256 e. The van der Waals surface area contributed by atoms with Crippen molar-refractivity contribution in [2.24, 2.45) is 22.7 Å². The van der Waals surface area contributed by atoms with Crippen LogP contribution >= 0.6 is 0 Å². The van der Waals surface area contributed by atoms with Crippen LogP contribution in [0.5, 0.6) is 0 Å². The quantitative estimate of drug-likeness (QED) is 0.499. The summed E-state index contributed by atoms with van der Waals surface area (Å²) < 4.78 is 0. The SMILES string of the molecule is CC1=CC[C@H]2C(C)(C)CCC[C@]2(C)[C@H]1C/C=C1/C(=O)Nc2ccccc21. The Bertz CT molecular complexity index is 800. The molecule has 1 N–H and O–H groups in total. The van der Waals surface area contributed by atoms with Crippen LogP contribution in [0.25, 0.3) is 5.57 Å². The van der Waals surface area contributed by atoms with E-state index in [0.29, 0.717) is 16.7 Å². The Morgan fingerprint density at radius 3 is 2.77 bits per heavy atom. The average Bonchev–Trinajstić information content (AvgIpc) is 2.89. The lowest BCUT2D eigenvalue weighted by atomic mass is 9.48. The maximum absolute atomic E-state index is 12.5. The highest BCUT2D eigenvalue weighted by molar-refractivity contribution is 6.31. The van der Waals surface area contributed by atoms with Gasteiger partial charge < -0.3 is 5.32 Å². The molecule has 1 fully saturated rings. The summed E-state index contributed by atoms with van der Waals surface area (Å²) in [7, 11) is 0. The van der Waals surface area contributed by atoms with E-state index in [0.717, 1.165) is 29.2 Å². The second-order valence-corrected chi connectivity index (χ2v) is 9.49. The van der Waals surface area contributed by atoms with Crippen molar-refractivity contribution in [2.75, 3.05) is 5.32 Å². The van der Waals surface area contributed by atoms with Crippen molar-refractivity contribution in [1.29, 1.82) is 0 Å². The fourth-order valence-corrected chi connectivity index (χ4v) is 6.17. The molecule has 0 saturated heterocycles. The highest BCUT2D eigenvalue weighted by Crippen LogP contribution is 2.60. The number of carbonyl (C=O) groups excluding carboxylic acids is 1. The van der Waals surface area contributed by atoms with E-state index in [1.54, 1.807) is 0 Å². The van der Waals surface area contributed by atoms with Crippen molar-refractivity contribution >= 4 is 17.2 Å².